The number of phenolic OH excluding ortho intramolecular Hbond substituents is 3. The molecule has 3 N–H and O–H groups in total. The summed E-state index contributed by atoms with van der Waals surface area (Å²) in [5.74, 6) is -0.428. The van der Waals surface area contributed by atoms with E-state index < -0.39 is 0 Å². The van der Waals surface area contributed by atoms with E-state index in [1.54, 1.807) is 0 Å². The lowest BCUT2D eigenvalue weighted by atomic mass is 9.88. The average Bonchev–Trinajstić information content (AvgIpc) is 2.49. The van der Waals surface area contributed by atoms with Gasteiger partial charge in [0.25, 0.3) is 0 Å². The standard InChI is InChI=1S/C18H22O3/c1-4-11-8-7-9-14(12(11)5-2)17-13(6-3)15(19)10-16(20)18(17)21/h7-10,19-21H,4-6H2,1-3H3. The second-order valence-electron chi connectivity index (χ2n) is 5.12. The summed E-state index contributed by atoms with van der Waals surface area (Å²) in [6, 6.07) is 7.17. The van der Waals surface area contributed by atoms with Crippen molar-refractivity contribution in [1.82, 2.24) is 0 Å². The lowest BCUT2D eigenvalue weighted by Crippen LogP contribution is -1.98. The largest absolute Gasteiger partial charge is 0.508 e. The van der Waals surface area contributed by atoms with Gasteiger partial charge >= 0.3 is 0 Å². The van der Waals surface area contributed by atoms with Crippen LogP contribution >= 0.6 is 0 Å². The van der Waals surface area contributed by atoms with E-state index in [1.165, 1.54) is 11.6 Å². The van der Waals surface area contributed by atoms with Crippen LogP contribution in [0, 0.1) is 0 Å². The quantitative estimate of drug-likeness (QED) is 0.584. The molecule has 0 fully saturated rings. The molecule has 2 aromatic carbocycles. The van der Waals surface area contributed by atoms with Crippen LogP contribution in [0.15, 0.2) is 24.3 Å². The smallest absolute Gasteiger partial charge is 0.165 e. The molecular formula is C18H22O3. The highest BCUT2D eigenvalue weighted by atomic mass is 16.3. The molecule has 0 unspecified atom stereocenters. The number of aryl methyl sites for hydroxylation is 1. The van der Waals surface area contributed by atoms with Crippen LogP contribution in [-0.2, 0) is 19.3 Å². The summed E-state index contributed by atoms with van der Waals surface area (Å²) in [6.45, 7) is 6.09. The van der Waals surface area contributed by atoms with E-state index in [2.05, 4.69) is 19.9 Å². The van der Waals surface area contributed by atoms with Crippen LogP contribution in [0.1, 0.15) is 37.5 Å². The van der Waals surface area contributed by atoms with Gasteiger partial charge in [0.15, 0.2) is 11.5 Å². The molecule has 3 heteroatoms. The maximum atomic E-state index is 10.3. The van der Waals surface area contributed by atoms with Crippen LogP contribution in [0.5, 0.6) is 17.2 Å². The van der Waals surface area contributed by atoms with Crippen molar-refractivity contribution in [3.8, 4) is 28.4 Å². The van der Waals surface area contributed by atoms with Crippen LogP contribution in [0.3, 0.4) is 0 Å². The fourth-order valence-electron chi connectivity index (χ4n) is 2.95. The Morgan fingerprint density at radius 1 is 0.810 bits per heavy atom. The third-order valence-electron chi connectivity index (χ3n) is 3.99. The van der Waals surface area contributed by atoms with Gasteiger partial charge in [0, 0.05) is 17.2 Å². The summed E-state index contributed by atoms with van der Waals surface area (Å²) >= 11 is 0. The van der Waals surface area contributed by atoms with E-state index in [0.29, 0.717) is 17.5 Å². The zero-order chi connectivity index (χ0) is 15.6. The molecule has 0 aromatic heterocycles. The zero-order valence-corrected chi connectivity index (χ0v) is 12.8. The number of hydrogen-bond acceptors (Lipinski definition) is 3. The second kappa shape index (κ2) is 6.08. The first-order chi connectivity index (χ1) is 10.0. The average molecular weight is 286 g/mol. The highest BCUT2D eigenvalue weighted by Gasteiger charge is 2.20. The zero-order valence-electron chi connectivity index (χ0n) is 12.8. The van der Waals surface area contributed by atoms with Crippen molar-refractivity contribution >= 4 is 0 Å². The number of benzene rings is 2. The molecule has 0 amide bonds. The van der Waals surface area contributed by atoms with Gasteiger partial charge in [-0.2, -0.15) is 0 Å². The molecule has 0 radical (unpaired) electrons. The van der Waals surface area contributed by atoms with Gasteiger partial charge < -0.3 is 15.3 Å². The third-order valence-corrected chi connectivity index (χ3v) is 3.99. The molecule has 0 aliphatic rings. The maximum absolute atomic E-state index is 10.3. The molecule has 0 spiro atoms. The lowest BCUT2D eigenvalue weighted by molar-refractivity contribution is 0.396. The molecule has 3 nitrogen and oxygen atoms in total. The third kappa shape index (κ3) is 2.56. The van der Waals surface area contributed by atoms with E-state index in [1.807, 2.05) is 19.1 Å². The Morgan fingerprint density at radius 3 is 2.05 bits per heavy atom. The first-order valence-corrected chi connectivity index (χ1v) is 7.42. The number of aromatic hydroxyl groups is 3. The van der Waals surface area contributed by atoms with Crippen molar-refractivity contribution in [3.63, 3.8) is 0 Å². The molecule has 0 aliphatic heterocycles. The van der Waals surface area contributed by atoms with Gasteiger partial charge in [-0.15, -0.1) is 0 Å². The van der Waals surface area contributed by atoms with E-state index in [0.717, 1.165) is 24.0 Å². The van der Waals surface area contributed by atoms with Crippen LogP contribution in [-0.4, -0.2) is 15.3 Å². The molecule has 0 heterocycles. The first-order valence-electron chi connectivity index (χ1n) is 7.42. The normalized spacial score (nSPS) is 10.8. The van der Waals surface area contributed by atoms with Crippen molar-refractivity contribution in [1.29, 1.82) is 0 Å². The van der Waals surface area contributed by atoms with Gasteiger partial charge in [-0.25, -0.2) is 0 Å². The summed E-state index contributed by atoms with van der Waals surface area (Å²) in [7, 11) is 0. The minimum absolute atomic E-state index is 0.0201. The summed E-state index contributed by atoms with van der Waals surface area (Å²) in [6.07, 6.45) is 2.32. The first kappa shape index (κ1) is 15.2. The van der Waals surface area contributed by atoms with Crippen LogP contribution in [0.25, 0.3) is 11.1 Å². The Labute approximate surface area is 125 Å². The Hall–Kier alpha value is -2.16. The van der Waals surface area contributed by atoms with Gasteiger partial charge in [-0.3, -0.25) is 0 Å². The number of phenols is 3. The monoisotopic (exact) mass is 286 g/mol. The fourth-order valence-corrected chi connectivity index (χ4v) is 2.95. The SMILES string of the molecule is CCc1cccc(-c2c(O)c(O)cc(O)c2CC)c1CC. The number of rotatable bonds is 4. The Bertz CT molecular complexity index is 660. The topological polar surface area (TPSA) is 60.7 Å². The van der Waals surface area contributed by atoms with Crippen molar-refractivity contribution in [3.05, 3.63) is 41.0 Å². The van der Waals surface area contributed by atoms with Crippen molar-refractivity contribution in [2.45, 2.75) is 40.0 Å². The van der Waals surface area contributed by atoms with Crippen molar-refractivity contribution in [2.24, 2.45) is 0 Å². The predicted octanol–water partition coefficient (Wildman–Crippen LogP) is 4.16. The van der Waals surface area contributed by atoms with Crippen molar-refractivity contribution in [2.75, 3.05) is 0 Å². The molecule has 0 bridgehead atoms. The van der Waals surface area contributed by atoms with Crippen LogP contribution in [0.2, 0.25) is 0 Å². The van der Waals surface area contributed by atoms with Gasteiger partial charge in [0.05, 0.1) is 0 Å². The molecule has 21 heavy (non-hydrogen) atoms. The molecule has 2 rings (SSSR count). The minimum Gasteiger partial charge on any atom is -0.508 e. The highest BCUT2D eigenvalue weighted by Crippen LogP contribution is 2.45. The van der Waals surface area contributed by atoms with Gasteiger partial charge in [-0.1, -0.05) is 39.0 Å². The highest BCUT2D eigenvalue weighted by molar-refractivity contribution is 5.81. The molecule has 0 aliphatic carbocycles. The van der Waals surface area contributed by atoms with E-state index in [-0.39, 0.29) is 17.2 Å². The molecular weight excluding hydrogens is 264 g/mol. The van der Waals surface area contributed by atoms with E-state index in [9.17, 15) is 15.3 Å². The van der Waals surface area contributed by atoms with Crippen molar-refractivity contribution < 1.29 is 15.3 Å². The summed E-state index contributed by atoms with van der Waals surface area (Å²) in [4.78, 5) is 0. The molecule has 0 atom stereocenters. The van der Waals surface area contributed by atoms with Gasteiger partial charge in [0.2, 0.25) is 0 Å². The second-order valence-corrected chi connectivity index (χ2v) is 5.12. The fraction of sp³-hybridized carbons (Fsp3) is 0.333. The Kier molecular flexibility index (Phi) is 4.41. The Balaban J connectivity index is 2.84. The van der Waals surface area contributed by atoms with Crippen LogP contribution < -0.4 is 0 Å². The lowest BCUT2D eigenvalue weighted by Gasteiger charge is -2.18. The van der Waals surface area contributed by atoms with Crippen LogP contribution in [0.4, 0.5) is 0 Å². The molecule has 2 aromatic rings. The van der Waals surface area contributed by atoms with Gasteiger partial charge in [0.1, 0.15) is 5.75 Å². The predicted molar refractivity (Wildman–Crippen MR) is 85.0 cm³/mol. The summed E-state index contributed by atoms with van der Waals surface area (Å²) in [5, 5.41) is 30.2. The minimum atomic E-state index is -0.288. The number of hydrogen-bond donors (Lipinski definition) is 3. The maximum Gasteiger partial charge on any atom is 0.165 e. The molecule has 0 saturated carbocycles. The van der Waals surface area contributed by atoms with E-state index >= 15 is 0 Å². The Morgan fingerprint density at radius 2 is 1.48 bits per heavy atom. The summed E-state index contributed by atoms with van der Waals surface area (Å²) in [5.41, 5.74) is 4.46. The van der Waals surface area contributed by atoms with E-state index in [4.69, 9.17) is 0 Å². The van der Waals surface area contributed by atoms with Gasteiger partial charge in [-0.05, 0) is 36.0 Å². The summed E-state index contributed by atoms with van der Waals surface area (Å²) < 4.78 is 0. The molecule has 0 saturated heterocycles. The molecule has 112 valence electrons.